The average molecular weight is 333 g/mol. The van der Waals surface area contributed by atoms with Crippen molar-refractivity contribution in [2.45, 2.75) is 38.3 Å². The summed E-state index contributed by atoms with van der Waals surface area (Å²) >= 11 is 1.46. The standard InChI is InChI=1S/C16H23N5OS/c1-11(22)18-9-10-23-15-20-19-14(21(15)17)12-5-7-13(8-6-12)16(2,3)4/h5-8H,9-10,17H2,1-4H3,(H,18,22). The molecule has 1 amide bonds. The molecule has 0 fully saturated rings. The van der Waals surface area contributed by atoms with Crippen LogP contribution in [0.3, 0.4) is 0 Å². The number of nitrogens with zero attached hydrogens (tertiary/aromatic N) is 3. The third kappa shape index (κ3) is 4.48. The maximum absolute atomic E-state index is 10.8. The Kier molecular flexibility index (Phi) is 5.30. The minimum Gasteiger partial charge on any atom is -0.356 e. The van der Waals surface area contributed by atoms with E-state index in [9.17, 15) is 4.79 Å². The van der Waals surface area contributed by atoms with Crippen LogP contribution in [0.1, 0.15) is 33.3 Å². The van der Waals surface area contributed by atoms with E-state index >= 15 is 0 Å². The van der Waals surface area contributed by atoms with Gasteiger partial charge in [0, 0.05) is 24.8 Å². The number of carbonyl (C=O) groups excluding carboxylic acids is 1. The van der Waals surface area contributed by atoms with Crippen molar-refractivity contribution in [2.75, 3.05) is 18.1 Å². The quantitative estimate of drug-likeness (QED) is 0.498. The van der Waals surface area contributed by atoms with E-state index in [0.29, 0.717) is 23.3 Å². The summed E-state index contributed by atoms with van der Waals surface area (Å²) in [6, 6.07) is 8.21. The van der Waals surface area contributed by atoms with Crippen LogP contribution in [0.5, 0.6) is 0 Å². The SMILES string of the molecule is CC(=O)NCCSc1nnc(-c2ccc(C(C)(C)C)cc2)n1N. The average Bonchev–Trinajstić information content (AvgIpc) is 2.84. The molecule has 0 spiro atoms. The van der Waals surface area contributed by atoms with Gasteiger partial charge in [-0.1, -0.05) is 56.8 Å². The maximum atomic E-state index is 10.8. The molecule has 7 heteroatoms. The van der Waals surface area contributed by atoms with E-state index in [0.717, 1.165) is 5.56 Å². The van der Waals surface area contributed by atoms with E-state index in [2.05, 4.69) is 48.4 Å². The summed E-state index contributed by atoms with van der Waals surface area (Å²) in [5.41, 5.74) is 2.30. The molecule has 2 aromatic rings. The second-order valence-corrected chi connectivity index (χ2v) is 7.40. The molecular formula is C16H23N5OS. The number of hydrogen-bond acceptors (Lipinski definition) is 5. The van der Waals surface area contributed by atoms with Crippen LogP contribution in [0.25, 0.3) is 11.4 Å². The molecule has 23 heavy (non-hydrogen) atoms. The first-order valence-corrected chi connectivity index (χ1v) is 8.46. The lowest BCUT2D eigenvalue weighted by Gasteiger charge is -2.19. The van der Waals surface area contributed by atoms with Gasteiger partial charge in [0.15, 0.2) is 5.82 Å². The summed E-state index contributed by atoms with van der Waals surface area (Å²) in [5.74, 6) is 7.37. The summed E-state index contributed by atoms with van der Waals surface area (Å²) in [5, 5.41) is 11.7. The first-order valence-electron chi connectivity index (χ1n) is 7.47. The fraction of sp³-hybridized carbons (Fsp3) is 0.438. The normalized spacial score (nSPS) is 11.5. The van der Waals surface area contributed by atoms with Gasteiger partial charge in [-0.2, -0.15) is 0 Å². The Morgan fingerprint density at radius 1 is 1.26 bits per heavy atom. The Bertz CT molecular complexity index is 673. The van der Waals surface area contributed by atoms with Crippen molar-refractivity contribution >= 4 is 17.7 Å². The molecule has 6 nitrogen and oxygen atoms in total. The number of nitrogen functional groups attached to an aromatic ring is 1. The summed E-state index contributed by atoms with van der Waals surface area (Å²) in [4.78, 5) is 10.8. The molecule has 0 radical (unpaired) electrons. The smallest absolute Gasteiger partial charge is 0.216 e. The van der Waals surface area contributed by atoms with Crippen LogP contribution in [0.2, 0.25) is 0 Å². The monoisotopic (exact) mass is 333 g/mol. The summed E-state index contributed by atoms with van der Waals surface area (Å²) in [7, 11) is 0. The van der Waals surface area contributed by atoms with Crippen molar-refractivity contribution < 1.29 is 4.79 Å². The first kappa shape index (κ1) is 17.3. The number of hydrogen-bond donors (Lipinski definition) is 2. The van der Waals surface area contributed by atoms with Gasteiger partial charge in [0.05, 0.1) is 0 Å². The first-order chi connectivity index (χ1) is 10.8. The highest BCUT2D eigenvalue weighted by atomic mass is 32.2. The van der Waals surface area contributed by atoms with E-state index in [-0.39, 0.29) is 11.3 Å². The number of rotatable bonds is 5. The van der Waals surface area contributed by atoms with Crippen LogP contribution in [-0.2, 0) is 10.2 Å². The largest absolute Gasteiger partial charge is 0.356 e. The molecule has 1 heterocycles. The van der Waals surface area contributed by atoms with Crippen molar-refractivity contribution in [3.05, 3.63) is 29.8 Å². The molecule has 3 N–H and O–H groups in total. The minimum atomic E-state index is -0.0422. The van der Waals surface area contributed by atoms with Gasteiger partial charge >= 0.3 is 0 Å². The molecule has 124 valence electrons. The molecule has 1 aromatic carbocycles. The molecule has 2 rings (SSSR count). The van der Waals surface area contributed by atoms with Crippen molar-refractivity contribution in [3.8, 4) is 11.4 Å². The third-order valence-corrected chi connectivity index (χ3v) is 4.33. The number of nitrogens with two attached hydrogens (primary N) is 1. The van der Waals surface area contributed by atoms with Gasteiger partial charge in [0.2, 0.25) is 11.1 Å². The molecule has 0 aliphatic heterocycles. The Labute approximate surface area is 140 Å². The number of nitrogens with one attached hydrogen (secondary N) is 1. The van der Waals surface area contributed by atoms with Crippen LogP contribution in [0, 0.1) is 0 Å². The van der Waals surface area contributed by atoms with Crippen molar-refractivity contribution in [3.63, 3.8) is 0 Å². The zero-order valence-corrected chi connectivity index (χ0v) is 14.8. The Balaban J connectivity index is 2.08. The maximum Gasteiger partial charge on any atom is 0.216 e. The predicted molar refractivity (Wildman–Crippen MR) is 93.7 cm³/mol. The molecule has 0 aliphatic rings. The number of thioether (sulfide) groups is 1. The fourth-order valence-corrected chi connectivity index (χ4v) is 2.77. The minimum absolute atomic E-state index is 0.0422. The zero-order chi connectivity index (χ0) is 17.0. The fourth-order valence-electron chi connectivity index (χ4n) is 2.06. The van der Waals surface area contributed by atoms with Crippen molar-refractivity contribution in [1.82, 2.24) is 20.2 Å². The number of amides is 1. The predicted octanol–water partition coefficient (Wildman–Crippen LogP) is 2.18. The molecule has 0 saturated carbocycles. The van der Waals surface area contributed by atoms with Gasteiger partial charge < -0.3 is 11.2 Å². The Hall–Kier alpha value is -2.02. The lowest BCUT2D eigenvalue weighted by atomic mass is 9.87. The molecule has 1 aromatic heterocycles. The highest BCUT2D eigenvalue weighted by molar-refractivity contribution is 7.99. The van der Waals surface area contributed by atoms with E-state index in [1.807, 2.05) is 12.1 Å². The van der Waals surface area contributed by atoms with Crippen LogP contribution in [-0.4, -0.2) is 33.1 Å². The van der Waals surface area contributed by atoms with Crippen LogP contribution >= 0.6 is 11.8 Å². The lowest BCUT2D eigenvalue weighted by Crippen LogP contribution is -2.22. The van der Waals surface area contributed by atoms with Gasteiger partial charge in [-0.3, -0.25) is 4.79 Å². The molecule has 0 aliphatic carbocycles. The third-order valence-electron chi connectivity index (χ3n) is 3.38. The van der Waals surface area contributed by atoms with E-state index in [1.165, 1.54) is 28.9 Å². The topological polar surface area (TPSA) is 85.8 Å². The number of carbonyl (C=O) groups is 1. The molecule has 0 atom stereocenters. The van der Waals surface area contributed by atoms with Crippen LogP contribution in [0.4, 0.5) is 0 Å². The van der Waals surface area contributed by atoms with Crippen molar-refractivity contribution in [1.29, 1.82) is 0 Å². The number of benzene rings is 1. The van der Waals surface area contributed by atoms with Gasteiger partial charge in [-0.05, 0) is 11.0 Å². The zero-order valence-electron chi connectivity index (χ0n) is 14.0. The van der Waals surface area contributed by atoms with Crippen molar-refractivity contribution in [2.24, 2.45) is 0 Å². The van der Waals surface area contributed by atoms with E-state index in [1.54, 1.807) is 0 Å². The second-order valence-electron chi connectivity index (χ2n) is 6.33. The van der Waals surface area contributed by atoms with Crippen LogP contribution < -0.4 is 11.2 Å². The highest BCUT2D eigenvalue weighted by Crippen LogP contribution is 2.26. The summed E-state index contributed by atoms with van der Waals surface area (Å²) in [6.07, 6.45) is 0. The highest BCUT2D eigenvalue weighted by Gasteiger charge is 2.15. The van der Waals surface area contributed by atoms with E-state index in [4.69, 9.17) is 5.84 Å². The molecule has 0 saturated heterocycles. The molecule has 0 bridgehead atoms. The second kappa shape index (κ2) is 7.04. The Morgan fingerprint density at radius 3 is 2.48 bits per heavy atom. The van der Waals surface area contributed by atoms with Gasteiger partial charge in [0.1, 0.15) is 0 Å². The summed E-state index contributed by atoms with van der Waals surface area (Å²) in [6.45, 7) is 8.60. The molecular weight excluding hydrogens is 310 g/mol. The summed E-state index contributed by atoms with van der Waals surface area (Å²) < 4.78 is 1.49. The van der Waals surface area contributed by atoms with Gasteiger partial charge in [-0.25, -0.2) is 4.68 Å². The van der Waals surface area contributed by atoms with Gasteiger partial charge in [-0.15, -0.1) is 10.2 Å². The lowest BCUT2D eigenvalue weighted by molar-refractivity contribution is -0.118. The van der Waals surface area contributed by atoms with E-state index < -0.39 is 0 Å². The Morgan fingerprint density at radius 2 is 1.91 bits per heavy atom. The molecule has 0 unspecified atom stereocenters. The van der Waals surface area contributed by atoms with Gasteiger partial charge in [0.25, 0.3) is 0 Å². The number of aromatic nitrogens is 3. The van der Waals surface area contributed by atoms with Crippen LogP contribution in [0.15, 0.2) is 29.4 Å².